The summed E-state index contributed by atoms with van der Waals surface area (Å²) in [6.07, 6.45) is 3.56. The van der Waals surface area contributed by atoms with Crippen molar-refractivity contribution in [3.8, 4) is 11.8 Å². The molecule has 112 valence electrons. The van der Waals surface area contributed by atoms with Gasteiger partial charge >= 0.3 is 0 Å². The molecule has 1 amide bonds. The highest BCUT2D eigenvalue weighted by Gasteiger charge is 2.37. The first-order valence-electron chi connectivity index (χ1n) is 7.35. The number of halogens is 1. The van der Waals surface area contributed by atoms with Crippen LogP contribution >= 0.6 is 0 Å². The molecule has 2 N–H and O–H groups in total. The van der Waals surface area contributed by atoms with Gasteiger partial charge in [0.25, 0.3) is 5.91 Å². The second-order valence-corrected chi connectivity index (χ2v) is 5.33. The van der Waals surface area contributed by atoms with Gasteiger partial charge in [-0.2, -0.15) is 0 Å². The van der Waals surface area contributed by atoms with Gasteiger partial charge < -0.3 is 10.4 Å². The van der Waals surface area contributed by atoms with Crippen molar-refractivity contribution in [1.29, 1.82) is 0 Å². The summed E-state index contributed by atoms with van der Waals surface area (Å²) >= 11 is 0. The van der Waals surface area contributed by atoms with Crippen molar-refractivity contribution in [1.82, 2.24) is 5.32 Å². The molecule has 1 aromatic carbocycles. The number of hydrogen-bond acceptors (Lipinski definition) is 2. The Balaban J connectivity index is 2.08. The zero-order valence-corrected chi connectivity index (χ0v) is 12.2. The minimum atomic E-state index is -0.421. The number of benzene rings is 1. The number of nitrogens with one attached hydrogen (secondary N) is 1. The summed E-state index contributed by atoms with van der Waals surface area (Å²) in [6.45, 7) is 2.08. The summed E-state index contributed by atoms with van der Waals surface area (Å²) in [4.78, 5) is 12.3. The number of aliphatic hydroxyl groups excluding tert-OH is 1. The molecule has 1 aromatic rings. The molecular formula is C17H20FNO2. The first-order chi connectivity index (χ1) is 10.2. The fourth-order valence-corrected chi connectivity index (χ4v) is 2.39. The summed E-state index contributed by atoms with van der Waals surface area (Å²) in [5.41, 5.74) is 0.762. The average molecular weight is 289 g/mol. The molecule has 1 aliphatic carbocycles. The van der Waals surface area contributed by atoms with Crippen molar-refractivity contribution >= 4 is 5.91 Å². The minimum absolute atomic E-state index is 0.0510. The Hall–Kier alpha value is -1.86. The van der Waals surface area contributed by atoms with Gasteiger partial charge in [0.1, 0.15) is 5.82 Å². The zero-order valence-electron chi connectivity index (χ0n) is 12.2. The van der Waals surface area contributed by atoms with Crippen LogP contribution in [0.15, 0.2) is 18.2 Å². The summed E-state index contributed by atoms with van der Waals surface area (Å²) in [5, 5.41) is 11.7. The predicted molar refractivity (Wildman–Crippen MR) is 79.3 cm³/mol. The number of amides is 1. The molecule has 4 heteroatoms. The lowest BCUT2D eigenvalue weighted by Gasteiger charge is -2.07. The fourth-order valence-electron chi connectivity index (χ4n) is 2.39. The molecule has 0 bridgehead atoms. The topological polar surface area (TPSA) is 49.3 Å². The number of hydrogen-bond donors (Lipinski definition) is 2. The molecule has 0 heterocycles. The van der Waals surface area contributed by atoms with E-state index in [1.54, 1.807) is 0 Å². The van der Waals surface area contributed by atoms with Crippen molar-refractivity contribution in [2.45, 2.75) is 38.6 Å². The van der Waals surface area contributed by atoms with Crippen LogP contribution in [0, 0.1) is 23.6 Å². The van der Waals surface area contributed by atoms with Gasteiger partial charge in [-0.1, -0.05) is 25.2 Å². The third-order valence-corrected chi connectivity index (χ3v) is 3.58. The van der Waals surface area contributed by atoms with Crippen molar-refractivity contribution in [2.24, 2.45) is 5.92 Å². The van der Waals surface area contributed by atoms with Crippen LogP contribution in [0.5, 0.6) is 0 Å². The highest BCUT2D eigenvalue weighted by Crippen LogP contribution is 2.34. The minimum Gasteiger partial charge on any atom is -0.395 e. The first-order valence-corrected chi connectivity index (χ1v) is 7.35. The quantitative estimate of drug-likeness (QED) is 0.818. The lowest BCUT2D eigenvalue weighted by molar-refractivity contribution is 0.0948. The number of carbonyl (C=O) groups excluding carboxylic acids is 1. The highest BCUT2D eigenvalue weighted by atomic mass is 19.1. The lowest BCUT2D eigenvalue weighted by atomic mass is 10.1. The van der Waals surface area contributed by atoms with Crippen LogP contribution in [0.1, 0.15) is 48.5 Å². The molecule has 2 unspecified atom stereocenters. The van der Waals surface area contributed by atoms with Crippen LogP contribution < -0.4 is 5.32 Å². The van der Waals surface area contributed by atoms with E-state index in [0.29, 0.717) is 23.5 Å². The second kappa shape index (κ2) is 7.24. The normalized spacial score (nSPS) is 19.6. The molecule has 1 aliphatic rings. The largest absolute Gasteiger partial charge is 0.395 e. The van der Waals surface area contributed by atoms with E-state index in [-0.39, 0.29) is 18.6 Å². The van der Waals surface area contributed by atoms with E-state index in [2.05, 4.69) is 24.1 Å². The van der Waals surface area contributed by atoms with E-state index in [1.165, 1.54) is 18.2 Å². The SMILES string of the molecule is CCCC1CC1NC(=O)c1ccc(F)cc1C#CCCO. The Kier molecular flexibility index (Phi) is 5.35. The zero-order chi connectivity index (χ0) is 15.2. The van der Waals surface area contributed by atoms with Crippen molar-refractivity contribution in [2.75, 3.05) is 6.61 Å². The maximum absolute atomic E-state index is 13.3. The Morgan fingerprint density at radius 2 is 2.33 bits per heavy atom. The molecule has 21 heavy (non-hydrogen) atoms. The third kappa shape index (κ3) is 4.30. The van der Waals surface area contributed by atoms with Crippen LogP contribution in [0.3, 0.4) is 0 Å². The van der Waals surface area contributed by atoms with Gasteiger partial charge in [0.15, 0.2) is 0 Å². The van der Waals surface area contributed by atoms with Crippen LogP contribution in [0.2, 0.25) is 0 Å². The molecule has 0 radical (unpaired) electrons. The lowest BCUT2D eigenvalue weighted by Crippen LogP contribution is -2.27. The van der Waals surface area contributed by atoms with E-state index < -0.39 is 5.82 Å². The molecular weight excluding hydrogens is 269 g/mol. The molecule has 0 saturated heterocycles. The third-order valence-electron chi connectivity index (χ3n) is 3.58. The maximum atomic E-state index is 13.3. The van der Waals surface area contributed by atoms with Gasteiger partial charge in [-0.05, 0) is 37.0 Å². The summed E-state index contributed by atoms with van der Waals surface area (Å²) in [7, 11) is 0. The number of aliphatic hydroxyl groups is 1. The summed E-state index contributed by atoms with van der Waals surface area (Å²) < 4.78 is 13.3. The van der Waals surface area contributed by atoms with Gasteiger partial charge in [0.05, 0.1) is 12.2 Å². The van der Waals surface area contributed by atoms with Gasteiger partial charge in [0.2, 0.25) is 0 Å². The van der Waals surface area contributed by atoms with Crippen molar-refractivity contribution < 1.29 is 14.3 Å². The molecule has 0 spiro atoms. The van der Waals surface area contributed by atoms with Crippen LogP contribution in [-0.2, 0) is 0 Å². The van der Waals surface area contributed by atoms with Crippen LogP contribution in [0.25, 0.3) is 0 Å². The standard InChI is InChI=1S/C17H20FNO2/c1-2-5-13-11-16(13)19-17(21)15-8-7-14(18)10-12(15)6-3-4-9-20/h7-8,10,13,16,20H,2,4-5,9,11H2,1H3,(H,19,21). The van der Waals surface area contributed by atoms with Crippen molar-refractivity contribution in [3.63, 3.8) is 0 Å². The van der Waals surface area contributed by atoms with Crippen LogP contribution in [0.4, 0.5) is 4.39 Å². The molecule has 1 fully saturated rings. The summed E-state index contributed by atoms with van der Waals surface area (Å²) in [6, 6.07) is 4.23. The Morgan fingerprint density at radius 3 is 3.05 bits per heavy atom. The molecule has 0 aliphatic heterocycles. The van der Waals surface area contributed by atoms with Gasteiger partial charge in [-0.3, -0.25) is 4.79 Å². The first kappa shape index (κ1) is 15.5. The molecule has 2 rings (SSSR count). The fraction of sp³-hybridized carbons (Fsp3) is 0.471. The number of carbonyl (C=O) groups is 1. The van der Waals surface area contributed by atoms with Crippen molar-refractivity contribution in [3.05, 3.63) is 35.1 Å². The van der Waals surface area contributed by atoms with E-state index in [1.807, 2.05) is 0 Å². The van der Waals surface area contributed by atoms with Gasteiger partial charge in [0, 0.05) is 18.0 Å². The maximum Gasteiger partial charge on any atom is 0.252 e. The Morgan fingerprint density at radius 1 is 1.52 bits per heavy atom. The summed E-state index contributed by atoms with van der Waals surface area (Å²) in [5.74, 6) is 5.43. The predicted octanol–water partition coefficient (Wildman–Crippen LogP) is 2.48. The highest BCUT2D eigenvalue weighted by molar-refractivity contribution is 5.97. The van der Waals surface area contributed by atoms with E-state index in [9.17, 15) is 9.18 Å². The second-order valence-electron chi connectivity index (χ2n) is 5.33. The van der Waals surface area contributed by atoms with Gasteiger partial charge in [-0.15, -0.1) is 0 Å². The molecule has 0 aromatic heterocycles. The van der Waals surface area contributed by atoms with E-state index in [0.717, 1.165) is 19.3 Å². The van der Waals surface area contributed by atoms with E-state index >= 15 is 0 Å². The Bertz CT molecular complexity index is 574. The Labute approximate surface area is 124 Å². The smallest absolute Gasteiger partial charge is 0.252 e. The molecule has 3 nitrogen and oxygen atoms in total. The molecule has 2 atom stereocenters. The monoisotopic (exact) mass is 289 g/mol. The average Bonchev–Trinajstić information content (AvgIpc) is 3.17. The van der Waals surface area contributed by atoms with E-state index in [4.69, 9.17) is 5.11 Å². The number of rotatable bonds is 5. The van der Waals surface area contributed by atoms with Crippen LogP contribution in [-0.4, -0.2) is 23.7 Å². The van der Waals surface area contributed by atoms with Gasteiger partial charge in [-0.25, -0.2) is 4.39 Å². The molecule has 1 saturated carbocycles.